The van der Waals surface area contributed by atoms with Crippen LogP contribution in [-0.2, 0) is 0 Å². The summed E-state index contributed by atoms with van der Waals surface area (Å²) >= 11 is 5.75. The van der Waals surface area contributed by atoms with Crippen molar-refractivity contribution < 1.29 is 4.79 Å². The van der Waals surface area contributed by atoms with E-state index in [-0.39, 0.29) is 5.78 Å². The van der Waals surface area contributed by atoms with Crippen LogP contribution >= 0.6 is 11.6 Å². The minimum absolute atomic E-state index is 0.0512. The predicted octanol–water partition coefficient (Wildman–Crippen LogP) is 2.12. The number of nitrogens with zero attached hydrogens (tertiary/aromatic N) is 3. The first-order valence-electron chi connectivity index (χ1n) is 4.35. The third kappa shape index (κ3) is 1.89. The Hall–Kier alpha value is -1.68. The maximum absolute atomic E-state index is 11.3. The van der Waals surface area contributed by atoms with E-state index in [4.69, 9.17) is 11.6 Å². The number of Topliss-reactive ketones (excluding diaryl/α,β-unsaturated/α-hetero) is 1. The number of hydrogen-bond donors (Lipinski definition) is 0. The average Bonchev–Trinajstić information content (AvgIpc) is 2.65. The van der Waals surface area contributed by atoms with Crippen molar-refractivity contribution in [1.82, 2.24) is 14.8 Å². The fourth-order valence-corrected chi connectivity index (χ4v) is 1.41. The van der Waals surface area contributed by atoms with Crippen molar-refractivity contribution in [3.05, 3.63) is 41.3 Å². The monoisotopic (exact) mass is 221 g/mol. The Morgan fingerprint density at radius 2 is 2.33 bits per heavy atom. The predicted molar refractivity (Wildman–Crippen MR) is 56.4 cm³/mol. The highest BCUT2D eigenvalue weighted by molar-refractivity contribution is 6.30. The number of carbonyl (C=O) groups excluding carboxylic acids is 1. The van der Waals surface area contributed by atoms with Crippen LogP contribution in [0.3, 0.4) is 0 Å². The van der Waals surface area contributed by atoms with E-state index in [0.29, 0.717) is 16.4 Å². The summed E-state index contributed by atoms with van der Waals surface area (Å²) < 4.78 is 1.49. The van der Waals surface area contributed by atoms with Gasteiger partial charge in [0.25, 0.3) is 0 Å². The Morgan fingerprint density at radius 3 is 2.93 bits per heavy atom. The molecule has 76 valence electrons. The molecule has 5 heteroatoms. The minimum atomic E-state index is -0.0512. The van der Waals surface area contributed by atoms with Crippen LogP contribution in [0, 0.1) is 0 Å². The molecule has 2 heterocycles. The van der Waals surface area contributed by atoms with Gasteiger partial charge < -0.3 is 0 Å². The highest BCUT2D eigenvalue weighted by atomic mass is 35.5. The molecule has 15 heavy (non-hydrogen) atoms. The standard InChI is InChI=1S/C10H8ClN3O/c1-7(15)9-3-2-4-12-10(9)14-6-8(11)5-13-14/h2-6H,1H3. The van der Waals surface area contributed by atoms with E-state index in [1.165, 1.54) is 17.8 Å². The Kier molecular flexibility index (Phi) is 2.51. The van der Waals surface area contributed by atoms with E-state index in [1.807, 2.05) is 0 Å². The number of hydrogen-bond acceptors (Lipinski definition) is 3. The van der Waals surface area contributed by atoms with Crippen LogP contribution in [0.4, 0.5) is 0 Å². The number of rotatable bonds is 2. The van der Waals surface area contributed by atoms with Crippen molar-refractivity contribution >= 4 is 17.4 Å². The Bertz CT molecular complexity index is 507. The Morgan fingerprint density at radius 1 is 1.53 bits per heavy atom. The lowest BCUT2D eigenvalue weighted by atomic mass is 10.2. The van der Waals surface area contributed by atoms with E-state index >= 15 is 0 Å². The van der Waals surface area contributed by atoms with Gasteiger partial charge in [-0.2, -0.15) is 5.10 Å². The highest BCUT2D eigenvalue weighted by Crippen LogP contribution is 2.14. The van der Waals surface area contributed by atoms with E-state index in [2.05, 4.69) is 10.1 Å². The summed E-state index contributed by atoms with van der Waals surface area (Å²) in [6, 6.07) is 3.42. The number of carbonyl (C=O) groups is 1. The molecule has 0 radical (unpaired) electrons. The summed E-state index contributed by atoms with van der Waals surface area (Å²) in [5.74, 6) is 0.446. The summed E-state index contributed by atoms with van der Waals surface area (Å²) in [6.45, 7) is 1.49. The molecule has 0 bridgehead atoms. The fraction of sp³-hybridized carbons (Fsp3) is 0.100. The Balaban J connectivity index is 2.57. The summed E-state index contributed by atoms with van der Waals surface area (Å²) in [5.41, 5.74) is 0.525. The summed E-state index contributed by atoms with van der Waals surface area (Å²) in [6.07, 6.45) is 4.72. The van der Waals surface area contributed by atoms with Crippen LogP contribution in [0.2, 0.25) is 5.02 Å². The lowest BCUT2D eigenvalue weighted by molar-refractivity contribution is 0.101. The summed E-state index contributed by atoms with van der Waals surface area (Å²) in [5, 5.41) is 4.51. The molecular formula is C10H8ClN3O. The maximum atomic E-state index is 11.3. The van der Waals surface area contributed by atoms with Gasteiger partial charge in [-0.05, 0) is 19.1 Å². The number of halogens is 1. The van der Waals surface area contributed by atoms with E-state index in [9.17, 15) is 4.79 Å². The molecule has 2 aromatic rings. The second-order valence-electron chi connectivity index (χ2n) is 3.03. The van der Waals surface area contributed by atoms with Crippen molar-refractivity contribution in [1.29, 1.82) is 0 Å². The normalized spacial score (nSPS) is 10.3. The molecule has 0 aliphatic heterocycles. The molecule has 0 atom stereocenters. The van der Waals surface area contributed by atoms with E-state index in [0.717, 1.165) is 0 Å². The quantitative estimate of drug-likeness (QED) is 0.730. The fourth-order valence-electron chi connectivity index (χ4n) is 1.27. The molecule has 0 amide bonds. The highest BCUT2D eigenvalue weighted by Gasteiger charge is 2.10. The molecule has 0 spiro atoms. The van der Waals surface area contributed by atoms with Crippen LogP contribution in [-0.4, -0.2) is 20.5 Å². The van der Waals surface area contributed by atoms with Crippen molar-refractivity contribution in [2.45, 2.75) is 6.92 Å². The second kappa shape index (κ2) is 3.82. The van der Waals surface area contributed by atoms with Gasteiger partial charge >= 0.3 is 0 Å². The molecule has 2 aromatic heterocycles. The zero-order valence-corrected chi connectivity index (χ0v) is 8.77. The molecule has 0 N–H and O–H groups in total. The molecule has 0 saturated carbocycles. The van der Waals surface area contributed by atoms with E-state index in [1.54, 1.807) is 24.5 Å². The van der Waals surface area contributed by atoms with Gasteiger partial charge in [-0.15, -0.1) is 0 Å². The molecule has 0 fully saturated rings. The molecule has 0 aromatic carbocycles. The first kappa shape index (κ1) is 9.86. The van der Waals surface area contributed by atoms with Crippen LogP contribution in [0.1, 0.15) is 17.3 Å². The third-order valence-corrected chi connectivity index (χ3v) is 2.13. The number of ketones is 1. The van der Waals surface area contributed by atoms with Gasteiger partial charge in [0.1, 0.15) is 0 Å². The van der Waals surface area contributed by atoms with Gasteiger partial charge in [-0.3, -0.25) is 4.79 Å². The lowest BCUT2D eigenvalue weighted by Crippen LogP contribution is -2.05. The molecular weight excluding hydrogens is 214 g/mol. The van der Waals surface area contributed by atoms with Crippen molar-refractivity contribution in [3.8, 4) is 5.82 Å². The SMILES string of the molecule is CC(=O)c1cccnc1-n1cc(Cl)cn1. The maximum Gasteiger partial charge on any atom is 0.164 e. The average molecular weight is 222 g/mol. The van der Waals surface area contributed by atoms with E-state index < -0.39 is 0 Å². The van der Waals surface area contributed by atoms with Crippen LogP contribution in [0.25, 0.3) is 5.82 Å². The van der Waals surface area contributed by atoms with Crippen molar-refractivity contribution in [3.63, 3.8) is 0 Å². The van der Waals surface area contributed by atoms with Gasteiger partial charge in [0.15, 0.2) is 11.6 Å². The zero-order valence-electron chi connectivity index (χ0n) is 8.01. The van der Waals surface area contributed by atoms with Gasteiger partial charge in [-0.25, -0.2) is 9.67 Å². The zero-order chi connectivity index (χ0) is 10.8. The molecule has 2 rings (SSSR count). The number of pyridine rings is 1. The van der Waals surface area contributed by atoms with Crippen molar-refractivity contribution in [2.75, 3.05) is 0 Å². The molecule has 0 saturated heterocycles. The minimum Gasteiger partial charge on any atom is -0.294 e. The lowest BCUT2D eigenvalue weighted by Gasteiger charge is -2.04. The first-order chi connectivity index (χ1) is 7.18. The topological polar surface area (TPSA) is 47.8 Å². The van der Waals surface area contributed by atoms with Gasteiger partial charge in [0.2, 0.25) is 0 Å². The van der Waals surface area contributed by atoms with Gasteiger partial charge in [0.05, 0.1) is 23.0 Å². The first-order valence-corrected chi connectivity index (χ1v) is 4.73. The molecule has 0 unspecified atom stereocenters. The van der Waals surface area contributed by atoms with Gasteiger partial charge in [0, 0.05) is 6.20 Å². The number of aromatic nitrogens is 3. The molecule has 4 nitrogen and oxygen atoms in total. The molecule has 0 aliphatic carbocycles. The smallest absolute Gasteiger partial charge is 0.164 e. The summed E-state index contributed by atoms with van der Waals surface area (Å²) in [4.78, 5) is 15.4. The van der Waals surface area contributed by atoms with Crippen LogP contribution in [0.15, 0.2) is 30.7 Å². The largest absolute Gasteiger partial charge is 0.294 e. The Labute approximate surface area is 91.5 Å². The second-order valence-corrected chi connectivity index (χ2v) is 3.47. The summed E-state index contributed by atoms with van der Waals surface area (Å²) in [7, 11) is 0. The van der Waals surface area contributed by atoms with Crippen molar-refractivity contribution in [2.24, 2.45) is 0 Å². The van der Waals surface area contributed by atoms with Crippen LogP contribution < -0.4 is 0 Å². The van der Waals surface area contributed by atoms with Crippen LogP contribution in [0.5, 0.6) is 0 Å². The molecule has 0 aliphatic rings. The third-order valence-electron chi connectivity index (χ3n) is 1.93. The van der Waals surface area contributed by atoms with Gasteiger partial charge in [-0.1, -0.05) is 11.6 Å².